The highest BCUT2D eigenvalue weighted by Crippen LogP contribution is 2.29. The van der Waals surface area contributed by atoms with E-state index >= 15 is 0 Å². The summed E-state index contributed by atoms with van der Waals surface area (Å²) in [4.78, 5) is 11.8. The Bertz CT molecular complexity index is 575. The monoisotopic (exact) mass is 303 g/mol. The van der Waals surface area contributed by atoms with Crippen LogP contribution in [0.5, 0.6) is 0 Å². The Kier molecular flexibility index (Phi) is 5.28. The number of hydrogen-bond acceptors (Lipinski definition) is 5. The number of esters is 1. The fourth-order valence-electron chi connectivity index (χ4n) is 1.54. The number of carbonyl (C=O) groups excluding carboxylic acids is 1. The quantitative estimate of drug-likeness (QED) is 0.596. The van der Waals surface area contributed by atoms with E-state index in [2.05, 4.69) is 11.3 Å². The number of hydrogen-bond donors (Lipinski definition) is 0. The second-order valence-electron chi connectivity index (χ2n) is 3.97. The van der Waals surface area contributed by atoms with Gasteiger partial charge in [0.15, 0.2) is 0 Å². The molecule has 7 heteroatoms. The SMILES string of the molecule is C=CCCN(C)S(=O)(=O)c1c(C)csc1C(=O)OC. The van der Waals surface area contributed by atoms with Crippen LogP contribution in [0.1, 0.15) is 21.7 Å². The van der Waals surface area contributed by atoms with E-state index in [9.17, 15) is 13.2 Å². The van der Waals surface area contributed by atoms with Crippen LogP contribution >= 0.6 is 11.3 Å². The smallest absolute Gasteiger partial charge is 0.349 e. The summed E-state index contributed by atoms with van der Waals surface area (Å²) in [5.74, 6) is -0.631. The fraction of sp³-hybridized carbons (Fsp3) is 0.417. The van der Waals surface area contributed by atoms with E-state index in [1.807, 2.05) is 0 Å². The molecule has 106 valence electrons. The van der Waals surface area contributed by atoms with E-state index in [0.717, 1.165) is 11.3 Å². The van der Waals surface area contributed by atoms with E-state index in [0.29, 0.717) is 18.5 Å². The van der Waals surface area contributed by atoms with Crippen LogP contribution in [0.2, 0.25) is 0 Å². The Morgan fingerprint density at radius 3 is 2.74 bits per heavy atom. The number of nitrogens with zero attached hydrogens (tertiary/aromatic N) is 1. The number of aryl methyl sites for hydroxylation is 1. The van der Waals surface area contributed by atoms with Gasteiger partial charge in [-0.15, -0.1) is 17.9 Å². The first-order chi connectivity index (χ1) is 8.86. The minimum atomic E-state index is -3.69. The van der Waals surface area contributed by atoms with E-state index in [-0.39, 0.29) is 9.77 Å². The average molecular weight is 303 g/mol. The van der Waals surface area contributed by atoms with Crippen LogP contribution in [0, 0.1) is 6.92 Å². The number of methoxy groups -OCH3 is 1. The minimum Gasteiger partial charge on any atom is -0.465 e. The fourth-order valence-corrected chi connectivity index (χ4v) is 4.37. The Labute approximate surface area is 117 Å². The molecule has 0 aliphatic heterocycles. The number of ether oxygens (including phenoxy) is 1. The molecule has 1 aromatic rings. The normalized spacial score (nSPS) is 11.6. The van der Waals surface area contributed by atoms with Crippen molar-refractivity contribution in [1.82, 2.24) is 4.31 Å². The molecule has 0 fully saturated rings. The molecular weight excluding hydrogens is 286 g/mol. The van der Waals surface area contributed by atoms with Crippen LogP contribution in [0.25, 0.3) is 0 Å². The lowest BCUT2D eigenvalue weighted by Gasteiger charge is -2.17. The number of carbonyl (C=O) groups is 1. The highest BCUT2D eigenvalue weighted by Gasteiger charge is 2.30. The summed E-state index contributed by atoms with van der Waals surface area (Å²) < 4.78 is 30.7. The van der Waals surface area contributed by atoms with E-state index in [4.69, 9.17) is 0 Å². The highest BCUT2D eigenvalue weighted by atomic mass is 32.2. The Morgan fingerprint density at radius 1 is 1.58 bits per heavy atom. The molecule has 5 nitrogen and oxygen atoms in total. The second kappa shape index (κ2) is 6.31. The molecule has 0 aliphatic carbocycles. The minimum absolute atomic E-state index is 0.0379. The third kappa shape index (κ3) is 3.23. The van der Waals surface area contributed by atoms with Crippen LogP contribution in [-0.4, -0.2) is 39.4 Å². The third-order valence-electron chi connectivity index (χ3n) is 2.61. The molecule has 1 aromatic heterocycles. The van der Waals surface area contributed by atoms with Gasteiger partial charge in [0.05, 0.1) is 7.11 Å². The predicted molar refractivity (Wildman–Crippen MR) is 75.0 cm³/mol. The van der Waals surface area contributed by atoms with Gasteiger partial charge in [-0.1, -0.05) is 6.08 Å². The van der Waals surface area contributed by atoms with Gasteiger partial charge in [0.1, 0.15) is 9.77 Å². The zero-order chi connectivity index (χ0) is 14.6. The lowest BCUT2D eigenvalue weighted by molar-refractivity contribution is 0.0602. The average Bonchev–Trinajstić information content (AvgIpc) is 2.77. The van der Waals surface area contributed by atoms with Crippen molar-refractivity contribution in [3.63, 3.8) is 0 Å². The molecule has 0 radical (unpaired) electrons. The summed E-state index contributed by atoms with van der Waals surface area (Å²) in [6.45, 7) is 5.55. The number of thiophene rings is 1. The standard InChI is InChI=1S/C12H17NO4S2/c1-5-6-7-13(3)19(15,16)11-9(2)8-18-10(11)12(14)17-4/h5,8H,1,6-7H2,2-4H3. The van der Waals surface area contributed by atoms with Gasteiger partial charge in [-0.3, -0.25) is 0 Å². The molecule has 19 heavy (non-hydrogen) atoms. The Morgan fingerprint density at radius 2 is 2.21 bits per heavy atom. The van der Waals surface area contributed by atoms with Crippen LogP contribution in [-0.2, 0) is 14.8 Å². The predicted octanol–water partition coefficient (Wildman–Crippen LogP) is 2.04. The van der Waals surface area contributed by atoms with E-state index in [1.54, 1.807) is 18.4 Å². The van der Waals surface area contributed by atoms with Gasteiger partial charge in [0.2, 0.25) is 10.0 Å². The first-order valence-corrected chi connectivity index (χ1v) is 7.91. The summed E-state index contributed by atoms with van der Waals surface area (Å²) >= 11 is 1.08. The van der Waals surface area contributed by atoms with Crippen molar-refractivity contribution in [3.8, 4) is 0 Å². The van der Waals surface area contributed by atoms with E-state index in [1.165, 1.54) is 18.5 Å². The topological polar surface area (TPSA) is 63.7 Å². The Hall–Kier alpha value is -1.18. The summed E-state index contributed by atoms with van der Waals surface area (Å²) in [5, 5.41) is 1.64. The van der Waals surface area contributed by atoms with Crippen molar-refractivity contribution < 1.29 is 17.9 Å². The largest absolute Gasteiger partial charge is 0.465 e. The molecule has 0 bridgehead atoms. The highest BCUT2D eigenvalue weighted by molar-refractivity contribution is 7.89. The molecular formula is C12H17NO4S2. The molecule has 0 saturated heterocycles. The maximum Gasteiger partial charge on any atom is 0.349 e. The van der Waals surface area contributed by atoms with Gasteiger partial charge in [-0.05, 0) is 24.3 Å². The van der Waals surface area contributed by atoms with Gasteiger partial charge in [0.25, 0.3) is 0 Å². The zero-order valence-corrected chi connectivity index (χ0v) is 12.8. The molecule has 0 amide bonds. The van der Waals surface area contributed by atoms with Gasteiger partial charge in [0, 0.05) is 13.6 Å². The molecule has 0 unspecified atom stereocenters. The molecule has 0 spiro atoms. The van der Waals surface area contributed by atoms with Crippen molar-refractivity contribution in [2.45, 2.75) is 18.2 Å². The van der Waals surface area contributed by atoms with Crippen molar-refractivity contribution in [3.05, 3.63) is 28.5 Å². The maximum atomic E-state index is 12.5. The number of rotatable bonds is 6. The number of sulfonamides is 1. The van der Waals surface area contributed by atoms with Crippen molar-refractivity contribution in [2.24, 2.45) is 0 Å². The van der Waals surface area contributed by atoms with Crippen LogP contribution < -0.4 is 0 Å². The summed E-state index contributed by atoms with van der Waals surface area (Å²) in [5.41, 5.74) is 0.552. The van der Waals surface area contributed by atoms with Crippen molar-refractivity contribution in [1.29, 1.82) is 0 Å². The lowest BCUT2D eigenvalue weighted by atomic mass is 10.3. The molecule has 1 rings (SSSR count). The van der Waals surface area contributed by atoms with Gasteiger partial charge < -0.3 is 4.74 Å². The molecule has 0 aliphatic rings. The molecule has 0 atom stereocenters. The van der Waals surface area contributed by atoms with Gasteiger partial charge in [-0.25, -0.2) is 17.5 Å². The molecule has 0 aromatic carbocycles. The van der Waals surface area contributed by atoms with Crippen LogP contribution in [0.3, 0.4) is 0 Å². The van der Waals surface area contributed by atoms with Crippen molar-refractivity contribution in [2.75, 3.05) is 20.7 Å². The zero-order valence-electron chi connectivity index (χ0n) is 11.2. The van der Waals surface area contributed by atoms with Crippen molar-refractivity contribution >= 4 is 27.3 Å². The lowest BCUT2D eigenvalue weighted by Crippen LogP contribution is -2.29. The van der Waals surface area contributed by atoms with Crippen LogP contribution in [0.4, 0.5) is 0 Å². The third-order valence-corrected chi connectivity index (χ3v) is 5.86. The molecule has 0 saturated carbocycles. The maximum absolute atomic E-state index is 12.5. The van der Waals surface area contributed by atoms with Gasteiger partial charge in [-0.2, -0.15) is 0 Å². The summed E-state index contributed by atoms with van der Waals surface area (Å²) in [7, 11) is -0.975. The first kappa shape index (κ1) is 15.9. The summed E-state index contributed by atoms with van der Waals surface area (Å²) in [6, 6.07) is 0. The van der Waals surface area contributed by atoms with E-state index < -0.39 is 16.0 Å². The first-order valence-electron chi connectivity index (χ1n) is 5.59. The molecule has 1 heterocycles. The van der Waals surface area contributed by atoms with Crippen LogP contribution in [0.15, 0.2) is 22.9 Å². The molecule has 0 N–H and O–H groups in total. The Balaban J connectivity index is 3.24. The summed E-state index contributed by atoms with van der Waals surface area (Å²) in [6.07, 6.45) is 2.19. The second-order valence-corrected chi connectivity index (χ2v) is 6.83. The van der Waals surface area contributed by atoms with Gasteiger partial charge >= 0.3 is 5.97 Å².